The Morgan fingerprint density at radius 3 is 2.30 bits per heavy atom. The molecule has 0 unspecified atom stereocenters. The van der Waals surface area contributed by atoms with Gasteiger partial charge < -0.3 is 15.8 Å². The molecule has 0 atom stereocenters. The van der Waals surface area contributed by atoms with Crippen molar-refractivity contribution in [3.8, 4) is 5.75 Å². The second-order valence-corrected chi connectivity index (χ2v) is 7.52. The number of sulfonamides is 1. The molecule has 146 valence electrons. The number of unbranched alkanes of at least 4 members (excludes halogenated alkanes) is 1. The summed E-state index contributed by atoms with van der Waals surface area (Å²) in [6, 6.07) is 12.4. The van der Waals surface area contributed by atoms with E-state index in [1.165, 1.54) is 12.1 Å². The van der Waals surface area contributed by atoms with Crippen LogP contribution >= 0.6 is 0 Å². The Kier molecular flexibility index (Phi) is 7.63. The van der Waals surface area contributed by atoms with Crippen LogP contribution in [0.25, 0.3) is 0 Å². The SMILES string of the molecule is CCOc1ccc(S(=O)(=O)Nc2ccc(C(=O)NCCCCN)cc2)cc1. The molecular formula is C19H25N3O4S. The molecule has 0 saturated heterocycles. The van der Waals surface area contributed by atoms with Gasteiger partial charge in [-0.3, -0.25) is 9.52 Å². The summed E-state index contributed by atoms with van der Waals surface area (Å²) in [6.07, 6.45) is 1.68. The number of benzene rings is 2. The molecule has 1 amide bonds. The molecule has 2 rings (SSSR count). The zero-order chi connectivity index (χ0) is 19.7. The van der Waals surface area contributed by atoms with E-state index in [4.69, 9.17) is 10.5 Å². The van der Waals surface area contributed by atoms with Crippen molar-refractivity contribution in [3.05, 3.63) is 54.1 Å². The molecule has 0 spiro atoms. The van der Waals surface area contributed by atoms with E-state index in [9.17, 15) is 13.2 Å². The number of amides is 1. The maximum absolute atomic E-state index is 12.5. The van der Waals surface area contributed by atoms with Crippen LogP contribution in [0.2, 0.25) is 0 Å². The first-order chi connectivity index (χ1) is 13.0. The normalized spacial score (nSPS) is 11.0. The van der Waals surface area contributed by atoms with Crippen LogP contribution in [0.5, 0.6) is 5.75 Å². The summed E-state index contributed by atoms with van der Waals surface area (Å²) in [6.45, 7) is 3.52. The summed E-state index contributed by atoms with van der Waals surface area (Å²) in [5, 5.41) is 2.80. The maximum atomic E-state index is 12.5. The van der Waals surface area contributed by atoms with Gasteiger partial charge in [0.1, 0.15) is 5.75 Å². The highest BCUT2D eigenvalue weighted by Crippen LogP contribution is 2.19. The van der Waals surface area contributed by atoms with Crippen LogP contribution in [0.4, 0.5) is 5.69 Å². The van der Waals surface area contributed by atoms with Gasteiger partial charge in [0.25, 0.3) is 15.9 Å². The van der Waals surface area contributed by atoms with Crippen molar-refractivity contribution in [1.82, 2.24) is 5.32 Å². The molecule has 0 saturated carbocycles. The largest absolute Gasteiger partial charge is 0.494 e. The number of ether oxygens (including phenoxy) is 1. The van der Waals surface area contributed by atoms with Gasteiger partial charge >= 0.3 is 0 Å². The Morgan fingerprint density at radius 1 is 1.04 bits per heavy atom. The Hall–Kier alpha value is -2.58. The highest BCUT2D eigenvalue weighted by molar-refractivity contribution is 7.92. The van der Waals surface area contributed by atoms with E-state index in [0.717, 1.165) is 12.8 Å². The molecule has 0 aliphatic carbocycles. The third-order valence-electron chi connectivity index (χ3n) is 3.76. The fraction of sp³-hybridized carbons (Fsp3) is 0.316. The number of nitrogens with one attached hydrogen (secondary N) is 2. The second-order valence-electron chi connectivity index (χ2n) is 5.84. The minimum absolute atomic E-state index is 0.132. The van der Waals surface area contributed by atoms with Crippen molar-refractivity contribution in [1.29, 1.82) is 0 Å². The molecule has 7 nitrogen and oxygen atoms in total. The van der Waals surface area contributed by atoms with E-state index in [-0.39, 0.29) is 10.8 Å². The summed E-state index contributed by atoms with van der Waals surface area (Å²) >= 11 is 0. The van der Waals surface area contributed by atoms with E-state index in [1.54, 1.807) is 36.4 Å². The van der Waals surface area contributed by atoms with Gasteiger partial charge in [-0.25, -0.2) is 8.42 Å². The van der Waals surface area contributed by atoms with Crippen molar-refractivity contribution in [3.63, 3.8) is 0 Å². The van der Waals surface area contributed by atoms with Gasteiger partial charge in [0, 0.05) is 17.8 Å². The number of carbonyl (C=O) groups is 1. The van der Waals surface area contributed by atoms with Crippen LogP contribution in [-0.4, -0.2) is 34.0 Å². The van der Waals surface area contributed by atoms with Gasteiger partial charge in [-0.05, 0) is 74.8 Å². The maximum Gasteiger partial charge on any atom is 0.261 e. The Balaban J connectivity index is 1.99. The lowest BCUT2D eigenvalue weighted by Gasteiger charge is -2.10. The van der Waals surface area contributed by atoms with Crippen LogP contribution in [0.3, 0.4) is 0 Å². The summed E-state index contributed by atoms with van der Waals surface area (Å²) in [4.78, 5) is 12.2. The lowest BCUT2D eigenvalue weighted by molar-refractivity contribution is 0.0953. The molecule has 2 aromatic rings. The number of hydrogen-bond donors (Lipinski definition) is 3. The molecule has 2 aromatic carbocycles. The van der Waals surface area contributed by atoms with Crippen molar-refractivity contribution in [2.24, 2.45) is 5.73 Å². The van der Waals surface area contributed by atoms with Crippen LogP contribution in [0.15, 0.2) is 53.4 Å². The van der Waals surface area contributed by atoms with Crippen LogP contribution < -0.4 is 20.5 Å². The molecule has 8 heteroatoms. The van der Waals surface area contributed by atoms with Gasteiger partial charge in [0.05, 0.1) is 11.5 Å². The summed E-state index contributed by atoms with van der Waals surface area (Å²) in [5.74, 6) is 0.409. The molecule has 0 bridgehead atoms. The predicted molar refractivity (Wildman–Crippen MR) is 105 cm³/mol. The van der Waals surface area contributed by atoms with Gasteiger partial charge in [0.15, 0.2) is 0 Å². The van der Waals surface area contributed by atoms with E-state index in [1.807, 2.05) is 6.92 Å². The van der Waals surface area contributed by atoms with Crippen LogP contribution in [0, 0.1) is 0 Å². The predicted octanol–water partition coefficient (Wildman–Crippen LogP) is 2.35. The average Bonchev–Trinajstić information content (AvgIpc) is 2.66. The summed E-state index contributed by atoms with van der Waals surface area (Å²) < 4.78 is 32.7. The van der Waals surface area contributed by atoms with Crippen LogP contribution in [0.1, 0.15) is 30.1 Å². The molecule has 0 radical (unpaired) electrons. The molecule has 0 aromatic heterocycles. The Morgan fingerprint density at radius 2 is 1.70 bits per heavy atom. The molecule has 0 aliphatic rings. The Labute approximate surface area is 160 Å². The van der Waals surface area contributed by atoms with Crippen molar-refractivity contribution >= 4 is 21.6 Å². The molecule has 27 heavy (non-hydrogen) atoms. The van der Waals surface area contributed by atoms with Crippen molar-refractivity contribution in [2.45, 2.75) is 24.7 Å². The standard InChI is InChI=1S/C19H25N3O4S/c1-2-26-17-9-11-18(12-10-17)27(24,25)22-16-7-5-15(6-8-16)19(23)21-14-4-3-13-20/h5-12,22H,2-4,13-14,20H2,1H3,(H,21,23). The molecule has 0 fully saturated rings. The lowest BCUT2D eigenvalue weighted by atomic mass is 10.2. The van der Waals surface area contributed by atoms with Gasteiger partial charge in [-0.1, -0.05) is 0 Å². The van der Waals surface area contributed by atoms with Crippen molar-refractivity contribution < 1.29 is 17.9 Å². The first-order valence-electron chi connectivity index (χ1n) is 8.80. The third-order valence-corrected chi connectivity index (χ3v) is 5.16. The van der Waals surface area contributed by atoms with E-state index >= 15 is 0 Å². The summed E-state index contributed by atoms with van der Waals surface area (Å²) in [5.41, 5.74) is 6.25. The highest BCUT2D eigenvalue weighted by Gasteiger charge is 2.14. The van der Waals surface area contributed by atoms with Crippen LogP contribution in [-0.2, 0) is 10.0 Å². The summed E-state index contributed by atoms with van der Waals surface area (Å²) in [7, 11) is -3.72. The topological polar surface area (TPSA) is 111 Å². The molecule has 0 heterocycles. The van der Waals surface area contributed by atoms with E-state index in [2.05, 4.69) is 10.0 Å². The first-order valence-corrected chi connectivity index (χ1v) is 10.3. The van der Waals surface area contributed by atoms with Gasteiger partial charge in [0.2, 0.25) is 0 Å². The molecule has 4 N–H and O–H groups in total. The molecular weight excluding hydrogens is 366 g/mol. The quantitative estimate of drug-likeness (QED) is 0.539. The number of nitrogens with two attached hydrogens (primary N) is 1. The lowest BCUT2D eigenvalue weighted by Crippen LogP contribution is -2.24. The average molecular weight is 391 g/mol. The fourth-order valence-corrected chi connectivity index (χ4v) is 3.42. The second kappa shape index (κ2) is 9.94. The van der Waals surface area contributed by atoms with E-state index < -0.39 is 10.0 Å². The zero-order valence-corrected chi connectivity index (χ0v) is 16.1. The van der Waals surface area contributed by atoms with Crippen molar-refractivity contribution in [2.75, 3.05) is 24.4 Å². The highest BCUT2D eigenvalue weighted by atomic mass is 32.2. The number of hydrogen-bond acceptors (Lipinski definition) is 5. The third kappa shape index (κ3) is 6.26. The zero-order valence-electron chi connectivity index (χ0n) is 15.3. The molecule has 0 aliphatic heterocycles. The number of anilines is 1. The number of rotatable bonds is 10. The van der Waals surface area contributed by atoms with Gasteiger partial charge in [-0.2, -0.15) is 0 Å². The van der Waals surface area contributed by atoms with E-state index in [0.29, 0.717) is 36.7 Å². The smallest absolute Gasteiger partial charge is 0.261 e. The minimum atomic E-state index is -3.72. The number of carbonyl (C=O) groups excluding carboxylic acids is 1. The van der Waals surface area contributed by atoms with Gasteiger partial charge in [-0.15, -0.1) is 0 Å². The fourth-order valence-electron chi connectivity index (χ4n) is 2.36. The Bertz CT molecular complexity index is 834. The first kappa shape index (κ1) is 20.7. The minimum Gasteiger partial charge on any atom is -0.494 e. The monoisotopic (exact) mass is 391 g/mol.